The van der Waals surface area contributed by atoms with Crippen molar-refractivity contribution >= 4 is 11.6 Å². The lowest BCUT2D eigenvalue weighted by Crippen LogP contribution is -2.28. The third kappa shape index (κ3) is 7.68. The van der Waals surface area contributed by atoms with Crippen LogP contribution in [0.4, 0.5) is 5.69 Å². The highest BCUT2D eigenvalue weighted by molar-refractivity contribution is 5.94. The Labute approximate surface area is 127 Å². The monoisotopic (exact) mass is 293 g/mol. The van der Waals surface area contributed by atoms with Crippen molar-refractivity contribution in [3.8, 4) is 0 Å². The maximum Gasteiger partial charge on any atom is 0.251 e. The average Bonchev–Trinajstić information content (AvgIpc) is 2.48. The number of carbonyl (C=O) groups excluding carboxylic acids is 1. The van der Waals surface area contributed by atoms with Crippen molar-refractivity contribution in [2.75, 3.05) is 52.3 Å². The predicted molar refractivity (Wildman–Crippen MR) is 86.9 cm³/mol. The van der Waals surface area contributed by atoms with Crippen molar-refractivity contribution in [3.05, 3.63) is 29.8 Å². The van der Waals surface area contributed by atoms with Crippen LogP contribution in [0.15, 0.2) is 24.3 Å². The van der Waals surface area contributed by atoms with Crippen LogP contribution in [0, 0.1) is 0 Å². The third-order valence-corrected chi connectivity index (χ3v) is 2.94. The molecule has 21 heavy (non-hydrogen) atoms. The molecule has 0 saturated heterocycles. The number of rotatable bonds is 10. The van der Waals surface area contributed by atoms with Crippen LogP contribution >= 0.6 is 0 Å². The number of anilines is 1. The van der Waals surface area contributed by atoms with Crippen LogP contribution in [0.1, 0.15) is 23.7 Å². The van der Waals surface area contributed by atoms with E-state index in [1.54, 1.807) is 0 Å². The van der Waals surface area contributed by atoms with Crippen LogP contribution in [0.2, 0.25) is 0 Å². The van der Waals surface area contributed by atoms with E-state index in [1.807, 2.05) is 38.4 Å². The summed E-state index contributed by atoms with van der Waals surface area (Å²) in [5.74, 6) is -0.0618. The zero-order valence-corrected chi connectivity index (χ0v) is 13.3. The molecular weight excluding hydrogens is 266 g/mol. The fourth-order valence-corrected chi connectivity index (χ4v) is 1.70. The minimum atomic E-state index is -0.0618. The molecule has 0 aliphatic rings. The zero-order valence-electron chi connectivity index (χ0n) is 13.3. The highest BCUT2D eigenvalue weighted by atomic mass is 16.5. The molecule has 0 heterocycles. The maximum absolute atomic E-state index is 11.9. The fraction of sp³-hybridized carbons (Fsp3) is 0.562. The van der Waals surface area contributed by atoms with E-state index in [-0.39, 0.29) is 5.91 Å². The number of nitrogens with one attached hydrogen (secondary N) is 2. The molecule has 0 spiro atoms. The smallest absolute Gasteiger partial charge is 0.251 e. The summed E-state index contributed by atoms with van der Waals surface area (Å²) in [6.45, 7) is 5.70. The van der Waals surface area contributed by atoms with Gasteiger partial charge in [0.25, 0.3) is 5.91 Å². The van der Waals surface area contributed by atoms with E-state index >= 15 is 0 Å². The highest BCUT2D eigenvalue weighted by Crippen LogP contribution is 2.09. The molecule has 1 rings (SSSR count). The van der Waals surface area contributed by atoms with E-state index in [1.165, 1.54) is 0 Å². The van der Waals surface area contributed by atoms with Gasteiger partial charge in [-0.05, 0) is 44.8 Å². The number of nitrogens with zero attached hydrogens (tertiary/aromatic N) is 1. The van der Waals surface area contributed by atoms with Crippen molar-refractivity contribution in [1.29, 1.82) is 0 Å². The first-order valence-electron chi connectivity index (χ1n) is 7.48. The molecule has 0 aliphatic heterocycles. The van der Waals surface area contributed by atoms with E-state index < -0.39 is 0 Å². The third-order valence-electron chi connectivity index (χ3n) is 2.94. The van der Waals surface area contributed by atoms with Crippen LogP contribution in [0.25, 0.3) is 0 Å². The topological polar surface area (TPSA) is 53.6 Å². The van der Waals surface area contributed by atoms with Gasteiger partial charge >= 0.3 is 0 Å². The zero-order chi connectivity index (χ0) is 15.5. The molecule has 0 saturated carbocycles. The Morgan fingerprint density at radius 2 is 1.86 bits per heavy atom. The minimum absolute atomic E-state index is 0.0618. The minimum Gasteiger partial charge on any atom is -0.385 e. The van der Waals surface area contributed by atoms with Gasteiger partial charge in [0.1, 0.15) is 0 Å². The summed E-state index contributed by atoms with van der Waals surface area (Å²) in [7, 11) is 4.01. The van der Waals surface area contributed by atoms with Gasteiger partial charge in [-0.1, -0.05) is 6.92 Å². The highest BCUT2D eigenvalue weighted by Gasteiger charge is 2.04. The van der Waals surface area contributed by atoms with Gasteiger partial charge in [0.2, 0.25) is 0 Å². The second kappa shape index (κ2) is 10.2. The molecule has 1 amide bonds. The van der Waals surface area contributed by atoms with Gasteiger partial charge in [0, 0.05) is 30.9 Å². The largest absolute Gasteiger partial charge is 0.385 e. The van der Waals surface area contributed by atoms with Crippen LogP contribution in [0.5, 0.6) is 0 Å². The number of benzene rings is 1. The molecular formula is C16H27N3O2. The number of hydrogen-bond acceptors (Lipinski definition) is 4. The van der Waals surface area contributed by atoms with Gasteiger partial charge < -0.3 is 20.3 Å². The molecule has 0 atom stereocenters. The molecule has 0 bridgehead atoms. The SMILES string of the molecule is CCCNc1ccc(C(=O)NCCOCCN(C)C)cc1. The summed E-state index contributed by atoms with van der Waals surface area (Å²) >= 11 is 0. The number of likely N-dealkylation sites (N-methyl/N-ethyl adjacent to an activating group) is 1. The summed E-state index contributed by atoms with van der Waals surface area (Å²) in [5.41, 5.74) is 1.71. The molecule has 1 aromatic rings. The van der Waals surface area contributed by atoms with E-state index in [0.717, 1.165) is 25.2 Å². The maximum atomic E-state index is 11.9. The number of ether oxygens (including phenoxy) is 1. The second-order valence-corrected chi connectivity index (χ2v) is 5.18. The molecule has 118 valence electrons. The number of amides is 1. The van der Waals surface area contributed by atoms with Crippen LogP contribution < -0.4 is 10.6 Å². The van der Waals surface area contributed by atoms with E-state index in [0.29, 0.717) is 25.3 Å². The van der Waals surface area contributed by atoms with Gasteiger partial charge in [-0.25, -0.2) is 0 Å². The van der Waals surface area contributed by atoms with Gasteiger partial charge in [0.15, 0.2) is 0 Å². The molecule has 5 heteroatoms. The van der Waals surface area contributed by atoms with Crippen molar-refractivity contribution < 1.29 is 9.53 Å². The Morgan fingerprint density at radius 1 is 1.14 bits per heavy atom. The Morgan fingerprint density at radius 3 is 2.48 bits per heavy atom. The molecule has 0 aromatic heterocycles. The predicted octanol–water partition coefficient (Wildman–Crippen LogP) is 1.82. The van der Waals surface area contributed by atoms with Crippen molar-refractivity contribution in [1.82, 2.24) is 10.2 Å². The Bertz CT molecular complexity index is 404. The van der Waals surface area contributed by atoms with Gasteiger partial charge in [-0.3, -0.25) is 4.79 Å². The molecule has 0 unspecified atom stereocenters. The molecule has 0 fully saturated rings. The molecule has 0 aliphatic carbocycles. The van der Waals surface area contributed by atoms with Crippen molar-refractivity contribution in [2.24, 2.45) is 0 Å². The summed E-state index contributed by atoms with van der Waals surface area (Å²) in [4.78, 5) is 14.0. The Balaban J connectivity index is 2.22. The van der Waals surface area contributed by atoms with Gasteiger partial charge in [0.05, 0.1) is 13.2 Å². The van der Waals surface area contributed by atoms with E-state index in [2.05, 4.69) is 22.5 Å². The first kappa shape index (κ1) is 17.5. The Hall–Kier alpha value is -1.59. The van der Waals surface area contributed by atoms with Crippen LogP contribution in [-0.2, 0) is 4.74 Å². The summed E-state index contributed by atoms with van der Waals surface area (Å²) in [5, 5.41) is 6.13. The van der Waals surface area contributed by atoms with Crippen LogP contribution in [-0.4, -0.2) is 57.8 Å². The lowest BCUT2D eigenvalue weighted by molar-refractivity contribution is 0.0900. The second-order valence-electron chi connectivity index (χ2n) is 5.18. The van der Waals surface area contributed by atoms with Crippen molar-refractivity contribution in [3.63, 3.8) is 0 Å². The van der Waals surface area contributed by atoms with Gasteiger partial charge in [-0.2, -0.15) is 0 Å². The molecule has 0 radical (unpaired) electrons. The first-order valence-corrected chi connectivity index (χ1v) is 7.48. The molecule has 2 N–H and O–H groups in total. The summed E-state index contributed by atoms with van der Waals surface area (Å²) < 4.78 is 5.43. The van der Waals surface area contributed by atoms with E-state index in [4.69, 9.17) is 4.74 Å². The van der Waals surface area contributed by atoms with Crippen LogP contribution in [0.3, 0.4) is 0 Å². The lowest BCUT2D eigenvalue weighted by Gasteiger charge is -2.10. The lowest BCUT2D eigenvalue weighted by atomic mass is 10.2. The number of carbonyl (C=O) groups is 1. The average molecular weight is 293 g/mol. The number of hydrogen-bond donors (Lipinski definition) is 2. The van der Waals surface area contributed by atoms with Gasteiger partial charge in [-0.15, -0.1) is 0 Å². The Kier molecular flexibility index (Phi) is 8.47. The molecule has 5 nitrogen and oxygen atoms in total. The van der Waals surface area contributed by atoms with E-state index in [9.17, 15) is 4.79 Å². The quantitative estimate of drug-likeness (QED) is 0.646. The fourth-order valence-electron chi connectivity index (χ4n) is 1.70. The summed E-state index contributed by atoms with van der Waals surface area (Å²) in [6.07, 6.45) is 1.08. The standard InChI is InChI=1S/C16H27N3O2/c1-4-9-17-15-7-5-14(6-8-15)16(20)18-10-12-21-13-11-19(2)3/h5-8,17H,4,9-13H2,1-3H3,(H,18,20). The molecule has 1 aromatic carbocycles. The summed E-state index contributed by atoms with van der Waals surface area (Å²) in [6, 6.07) is 7.52. The first-order chi connectivity index (χ1) is 10.1. The normalized spacial score (nSPS) is 10.7. The van der Waals surface area contributed by atoms with Crippen molar-refractivity contribution in [2.45, 2.75) is 13.3 Å².